The molecule has 4 nitrogen and oxygen atoms in total. The van der Waals surface area contributed by atoms with Crippen molar-refractivity contribution in [1.29, 1.82) is 0 Å². The van der Waals surface area contributed by atoms with Gasteiger partial charge in [0.2, 0.25) is 5.91 Å². The molecule has 1 saturated heterocycles. The highest BCUT2D eigenvalue weighted by Crippen LogP contribution is 2.19. The lowest BCUT2D eigenvalue weighted by Crippen LogP contribution is -2.47. The van der Waals surface area contributed by atoms with E-state index in [-0.39, 0.29) is 18.6 Å². The van der Waals surface area contributed by atoms with E-state index in [0.717, 1.165) is 17.0 Å². The summed E-state index contributed by atoms with van der Waals surface area (Å²) in [6.45, 7) is 1.90. The van der Waals surface area contributed by atoms with Gasteiger partial charge in [0.05, 0.1) is 12.7 Å². The molecule has 104 valence electrons. The first-order chi connectivity index (χ1) is 9.20. The number of nitrogens with zero attached hydrogens (tertiary/aromatic N) is 1. The first-order valence-electron chi connectivity index (χ1n) is 6.32. The van der Waals surface area contributed by atoms with Gasteiger partial charge in [0.25, 0.3) is 0 Å². The minimum Gasteiger partial charge on any atom is -0.375 e. The molecule has 1 aromatic carbocycles. The number of rotatable bonds is 4. The van der Waals surface area contributed by atoms with Crippen molar-refractivity contribution >= 4 is 17.5 Å². The monoisotopic (exact) mass is 283 g/mol. The molecular weight excluding hydrogens is 266 g/mol. The third-order valence-corrected chi connectivity index (χ3v) is 3.53. The Morgan fingerprint density at radius 2 is 2.32 bits per heavy atom. The average Bonchev–Trinajstić information content (AvgIpc) is 2.42. The molecule has 1 amide bonds. The normalized spacial score (nSPS) is 19.5. The maximum Gasteiger partial charge on any atom is 0.248 e. The van der Waals surface area contributed by atoms with Crippen LogP contribution in [-0.2, 0) is 20.7 Å². The molecule has 1 atom stereocenters. The summed E-state index contributed by atoms with van der Waals surface area (Å²) in [5.74, 6) is 0.00922. The molecule has 1 aromatic rings. The Kier molecular flexibility index (Phi) is 5.19. The highest BCUT2D eigenvalue weighted by atomic mass is 35.5. The van der Waals surface area contributed by atoms with Gasteiger partial charge in [0.15, 0.2) is 0 Å². The standard InChI is InChI=1S/C14H18ClNO3/c1-18-10-14(17)16-6-7-19-12(9-16)8-11-4-2-3-5-13(11)15/h2-5,12H,6-10H2,1H3/t12-/m1/s1. The first kappa shape index (κ1) is 14.3. The van der Waals surface area contributed by atoms with Gasteiger partial charge in [-0.15, -0.1) is 0 Å². The molecule has 0 radical (unpaired) electrons. The van der Waals surface area contributed by atoms with E-state index in [4.69, 9.17) is 21.1 Å². The summed E-state index contributed by atoms with van der Waals surface area (Å²) in [6.07, 6.45) is 0.714. The van der Waals surface area contributed by atoms with E-state index in [0.29, 0.717) is 19.7 Å². The minimum absolute atomic E-state index is 0.00513. The number of benzene rings is 1. The predicted molar refractivity (Wildman–Crippen MR) is 73.4 cm³/mol. The Morgan fingerprint density at radius 3 is 3.05 bits per heavy atom. The molecule has 0 aliphatic carbocycles. The van der Waals surface area contributed by atoms with Crippen molar-refractivity contribution in [3.8, 4) is 0 Å². The summed E-state index contributed by atoms with van der Waals surface area (Å²) in [4.78, 5) is 13.6. The van der Waals surface area contributed by atoms with Crippen LogP contribution in [0.15, 0.2) is 24.3 Å². The molecule has 0 N–H and O–H groups in total. The van der Waals surface area contributed by atoms with Crippen LogP contribution in [0.2, 0.25) is 5.02 Å². The van der Waals surface area contributed by atoms with Crippen LogP contribution >= 0.6 is 11.6 Å². The Bertz CT molecular complexity index is 438. The van der Waals surface area contributed by atoms with Crippen molar-refractivity contribution in [3.05, 3.63) is 34.9 Å². The van der Waals surface area contributed by atoms with Crippen LogP contribution in [0.25, 0.3) is 0 Å². The summed E-state index contributed by atoms with van der Waals surface area (Å²) < 4.78 is 10.6. The van der Waals surface area contributed by atoms with Crippen LogP contribution in [-0.4, -0.2) is 50.3 Å². The molecule has 0 aromatic heterocycles. The van der Waals surface area contributed by atoms with Gasteiger partial charge in [-0.1, -0.05) is 29.8 Å². The van der Waals surface area contributed by atoms with Crippen molar-refractivity contribution in [1.82, 2.24) is 4.90 Å². The number of amides is 1. The fourth-order valence-electron chi connectivity index (χ4n) is 2.19. The summed E-state index contributed by atoms with van der Waals surface area (Å²) in [5, 5.41) is 0.742. The number of ether oxygens (including phenoxy) is 2. The van der Waals surface area contributed by atoms with E-state index in [1.807, 2.05) is 24.3 Å². The number of morpholine rings is 1. The summed E-state index contributed by atoms with van der Waals surface area (Å²) in [6, 6.07) is 7.72. The van der Waals surface area contributed by atoms with E-state index in [9.17, 15) is 4.79 Å². The zero-order valence-corrected chi connectivity index (χ0v) is 11.7. The average molecular weight is 284 g/mol. The lowest BCUT2D eigenvalue weighted by atomic mass is 10.1. The number of halogens is 1. The molecule has 1 heterocycles. The maximum absolute atomic E-state index is 11.8. The number of carbonyl (C=O) groups excluding carboxylic acids is 1. The van der Waals surface area contributed by atoms with Gasteiger partial charge in [-0.05, 0) is 11.6 Å². The predicted octanol–water partition coefficient (Wildman–Crippen LogP) is 1.76. The van der Waals surface area contributed by atoms with E-state index in [2.05, 4.69) is 0 Å². The van der Waals surface area contributed by atoms with Gasteiger partial charge in [0, 0.05) is 31.6 Å². The molecule has 5 heteroatoms. The van der Waals surface area contributed by atoms with E-state index < -0.39 is 0 Å². The molecule has 1 aliphatic heterocycles. The van der Waals surface area contributed by atoms with Gasteiger partial charge < -0.3 is 14.4 Å². The zero-order chi connectivity index (χ0) is 13.7. The van der Waals surface area contributed by atoms with Gasteiger partial charge in [0.1, 0.15) is 6.61 Å². The van der Waals surface area contributed by atoms with Crippen molar-refractivity contribution in [2.24, 2.45) is 0 Å². The molecule has 19 heavy (non-hydrogen) atoms. The molecule has 0 saturated carbocycles. The number of methoxy groups -OCH3 is 1. The number of hydrogen-bond acceptors (Lipinski definition) is 3. The fourth-order valence-corrected chi connectivity index (χ4v) is 2.41. The van der Waals surface area contributed by atoms with Crippen molar-refractivity contribution in [2.45, 2.75) is 12.5 Å². The summed E-state index contributed by atoms with van der Waals surface area (Å²) >= 11 is 6.14. The highest BCUT2D eigenvalue weighted by Gasteiger charge is 2.24. The first-order valence-corrected chi connectivity index (χ1v) is 6.70. The fraction of sp³-hybridized carbons (Fsp3) is 0.500. The van der Waals surface area contributed by atoms with Crippen LogP contribution in [0.1, 0.15) is 5.56 Å². The van der Waals surface area contributed by atoms with Crippen LogP contribution in [0.3, 0.4) is 0 Å². The van der Waals surface area contributed by atoms with E-state index in [1.165, 1.54) is 7.11 Å². The molecule has 1 aliphatic rings. The van der Waals surface area contributed by atoms with Gasteiger partial charge in [-0.3, -0.25) is 4.79 Å². The van der Waals surface area contributed by atoms with Crippen molar-refractivity contribution in [2.75, 3.05) is 33.4 Å². The smallest absolute Gasteiger partial charge is 0.248 e. The van der Waals surface area contributed by atoms with Crippen LogP contribution in [0.5, 0.6) is 0 Å². The lowest BCUT2D eigenvalue weighted by Gasteiger charge is -2.33. The SMILES string of the molecule is COCC(=O)N1CCO[C@H](Cc2ccccc2Cl)C1. The Hall–Kier alpha value is -1.10. The zero-order valence-electron chi connectivity index (χ0n) is 11.0. The van der Waals surface area contributed by atoms with Gasteiger partial charge in [-0.2, -0.15) is 0 Å². The van der Waals surface area contributed by atoms with E-state index in [1.54, 1.807) is 4.90 Å². The topological polar surface area (TPSA) is 38.8 Å². The van der Waals surface area contributed by atoms with Gasteiger partial charge >= 0.3 is 0 Å². The van der Waals surface area contributed by atoms with Crippen molar-refractivity contribution < 1.29 is 14.3 Å². The van der Waals surface area contributed by atoms with Gasteiger partial charge in [-0.25, -0.2) is 0 Å². The quantitative estimate of drug-likeness (QED) is 0.845. The van der Waals surface area contributed by atoms with Crippen LogP contribution in [0, 0.1) is 0 Å². The number of hydrogen-bond donors (Lipinski definition) is 0. The second-order valence-electron chi connectivity index (χ2n) is 4.56. The third-order valence-electron chi connectivity index (χ3n) is 3.16. The second kappa shape index (κ2) is 6.89. The molecule has 0 spiro atoms. The Balaban J connectivity index is 1.94. The van der Waals surface area contributed by atoms with Crippen molar-refractivity contribution in [3.63, 3.8) is 0 Å². The van der Waals surface area contributed by atoms with E-state index >= 15 is 0 Å². The maximum atomic E-state index is 11.8. The summed E-state index contributed by atoms with van der Waals surface area (Å²) in [7, 11) is 1.53. The molecule has 0 unspecified atom stereocenters. The Labute approximate surface area is 118 Å². The Morgan fingerprint density at radius 1 is 1.53 bits per heavy atom. The largest absolute Gasteiger partial charge is 0.375 e. The lowest BCUT2D eigenvalue weighted by molar-refractivity contribution is -0.142. The summed E-state index contributed by atoms with van der Waals surface area (Å²) in [5.41, 5.74) is 1.05. The minimum atomic E-state index is -0.00513. The molecule has 2 rings (SSSR count). The number of carbonyl (C=O) groups is 1. The second-order valence-corrected chi connectivity index (χ2v) is 4.97. The van der Waals surface area contributed by atoms with Crippen LogP contribution < -0.4 is 0 Å². The highest BCUT2D eigenvalue weighted by molar-refractivity contribution is 6.31. The molecule has 1 fully saturated rings. The third kappa shape index (κ3) is 3.93. The molecule has 0 bridgehead atoms. The van der Waals surface area contributed by atoms with Crippen LogP contribution in [0.4, 0.5) is 0 Å². The molecular formula is C14H18ClNO3.